The molecule has 1 N–H and O–H groups in total. The zero-order valence-electron chi connectivity index (χ0n) is 10.7. The SMILES string of the molecule is CC/C(=N\NC(=O)c1ccccc1Cl)c1ccc(Br)s1. The Morgan fingerprint density at radius 1 is 1.35 bits per heavy atom. The summed E-state index contributed by atoms with van der Waals surface area (Å²) in [5.74, 6) is -0.308. The molecule has 104 valence electrons. The summed E-state index contributed by atoms with van der Waals surface area (Å²) >= 11 is 11.0. The molecule has 0 saturated heterocycles. The van der Waals surface area contributed by atoms with Crippen LogP contribution in [-0.4, -0.2) is 11.6 Å². The van der Waals surface area contributed by atoms with Crippen LogP contribution in [0.3, 0.4) is 0 Å². The summed E-state index contributed by atoms with van der Waals surface area (Å²) in [6.45, 7) is 1.99. The predicted octanol–water partition coefficient (Wildman–Crippen LogP) is 4.71. The van der Waals surface area contributed by atoms with E-state index in [-0.39, 0.29) is 5.91 Å². The molecule has 1 aromatic carbocycles. The van der Waals surface area contributed by atoms with E-state index in [1.165, 1.54) is 0 Å². The van der Waals surface area contributed by atoms with Crippen LogP contribution in [0, 0.1) is 0 Å². The molecule has 2 aromatic rings. The Kier molecular flexibility index (Phi) is 5.34. The molecule has 6 heteroatoms. The Bertz CT molecular complexity index is 654. The number of thiophene rings is 1. The molecule has 20 heavy (non-hydrogen) atoms. The van der Waals surface area contributed by atoms with Crippen molar-refractivity contribution >= 4 is 50.5 Å². The molecule has 0 unspecified atom stereocenters. The number of amides is 1. The van der Waals surface area contributed by atoms with Crippen LogP contribution in [0.1, 0.15) is 28.6 Å². The Morgan fingerprint density at radius 2 is 2.10 bits per heavy atom. The predicted molar refractivity (Wildman–Crippen MR) is 87.8 cm³/mol. The number of nitrogens with one attached hydrogen (secondary N) is 1. The number of hydrogen-bond donors (Lipinski definition) is 1. The van der Waals surface area contributed by atoms with Crippen LogP contribution in [0.2, 0.25) is 5.02 Å². The van der Waals surface area contributed by atoms with Gasteiger partial charge in [-0.2, -0.15) is 5.10 Å². The van der Waals surface area contributed by atoms with Gasteiger partial charge in [0.2, 0.25) is 0 Å². The third-order valence-electron chi connectivity index (χ3n) is 2.60. The van der Waals surface area contributed by atoms with Gasteiger partial charge in [0.15, 0.2) is 0 Å². The van der Waals surface area contributed by atoms with Crippen molar-refractivity contribution in [3.05, 3.63) is 55.6 Å². The molecule has 0 bridgehead atoms. The summed E-state index contributed by atoms with van der Waals surface area (Å²) in [6, 6.07) is 10.8. The fourth-order valence-electron chi connectivity index (χ4n) is 1.60. The molecule has 2 rings (SSSR count). The first-order chi connectivity index (χ1) is 9.61. The van der Waals surface area contributed by atoms with E-state index in [1.807, 2.05) is 19.1 Å². The van der Waals surface area contributed by atoms with Crippen molar-refractivity contribution in [1.82, 2.24) is 5.43 Å². The maximum atomic E-state index is 12.0. The lowest BCUT2D eigenvalue weighted by Crippen LogP contribution is -2.20. The van der Waals surface area contributed by atoms with Crippen LogP contribution in [-0.2, 0) is 0 Å². The van der Waals surface area contributed by atoms with Gasteiger partial charge in [0.05, 0.1) is 25.0 Å². The van der Waals surface area contributed by atoms with Crippen LogP contribution in [0.4, 0.5) is 0 Å². The molecule has 0 atom stereocenters. The maximum absolute atomic E-state index is 12.0. The molecular formula is C14H12BrClN2OS. The van der Waals surface area contributed by atoms with E-state index in [4.69, 9.17) is 11.6 Å². The largest absolute Gasteiger partial charge is 0.272 e. The van der Waals surface area contributed by atoms with E-state index in [2.05, 4.69) is 26.5 Å². The van der Waals surface area contributed by atoms with Gasteiger partial charge in [-0.3, -0.25) is 4.79 Å². The van der Waals surface area contributed by atoms with Gasteiger partial charge in [-0.1, -0.05) is 30.7 Å². The average Bonchev–Trinajstić information content (AvgIpc) is 2.86. The average molecular weight is 372 g/mol. The second kappa shape index (κ2) is 7.02. The molecule has 1 aromatic heterocycles. The first-order valence-electron chi connectivity index (χ1n) is 5.99. The van der Waals surface area contributed by atoms with Crippen LogP contribution in [0.15, 0.2) is 45.3 Å². The van der Waals surface area contributed by atoms with Crippen LogP contribution in [0.25, 0.3) is 0 Å². The minimum Gasteiger partial charge on any atom is -0.267 e. The lowest BCUT2D eigenvalue weighted by molar-refractivity contribution is 0.0955. The van der Waals surface area contributed by atoms with E-state index in [0.29, 0.717) is 10.6 Å². The van der Waals surface area contributed by atoms with E-state index < -0.39 is 0 Å². The minimum atomic E-state index is -0.308. The van der Waals surface area contributed by atoms with Crippen molar-refractivity contribution in [1.29, 1.82) is 0 Å². The van der Waals surface area contributed by atoms with Crippen molar-refractivity contribution < 1.29 is 4.79 Å². The van der Waals surface area contributed by atoms with E-state index >= 15 is 0 Å². The lowest BCUT2D eigenvalue weighted by atomic mass is 10.2. The molecule has 1 amide bonds. The first-order valence-corrected chi connectivity index (χ1v) is 7.97. The molecule has 0 aliphatic heterocycles. The van der Waals surface area contributed by atoms with Crippen molar-refractivity contribution in [3.8, 4) is 0 Å². The third-order valence-corrected chi connectivity index (χ3v) is 4.61. The molecule has 0 aliphatic rings. The van der Waals surface area contributed by atoms with Gasteiger partial charge in [0, 0.05) is 0 Å². The Labute approximate surface area is 134 Å². The van der Waals surface area contributed by atoms with Crippen molar-refractivity contribution in [3.63, 3.8) is 0 Å². The van der Waals surface area contributed by atoms with Crippen LogP contribution < -0.4 is 5.43 Å². The van der Waals surface area contributed by atoms with Gasteiger partial charge >= 0.3 is 0 Å². The molecule has 0 saturated carbocycles. The Balaban J connectivity index is 2.15. The van der Waals surface area contributed by atoms with Crippen molar-refractivity contribution in [2.75, 3.05) is 0 Å². The normalized spacial score (nSPS) is 11.4. The fourth-order valence-corrected chi connectivity index (χ4v) is 3.27. The number of hydrogen-bond acceptors (Lipinski definition) is 3. The number of carbonyl (C=O) groups is 1. The molecule has 0 aliphatic carbocycles. The summed E-state index contributed by atoms with van der Waals surface area (Å²) in [7, 11) is 0. The van der Waals surface area contributed by atoms with E-state index in [0.717, 1.165) is 20.8 Å². The number of benzene rings is 1. The maximum Gasteiger partial charge on any atom is 0.272 e. The highest BCUT2D eigenvalue weighted by molar-refractivity contribution is 9.11. The highest BCUT2D eigenvalue weighted by Gasteiger charge is 2.10. The Morgan fingerprint density at radius 3 is 2.70 bits per heavy atom. The van der Waals surface area contributed by atoms with Gasteiger partial charge in [-0.25, -0.2) is 5.43 Å². The van der Waals surface area contributed by atoms with Gasteiger partial charge in [0.25, 0.3) is 5.91 Å². The van der Waals surface area contributed by atoms with Crippen molar-refractivity contribution in [2.24, 2.45) is 5.10 Å². The first kappa shape index (κ1) is 15.2. The van der Waals surface area contributed by atoms with Gasteiger partial charge in [-0.15, -0.1) is 11.3 Å². The zero-order valence-corrected chi connectivity index (χ0v) is 13.8. The summed E-state index contributed by atoms with van der Waals surface area (Å²) < 4.78 is 1.03. The fraction of sp³-hybridized carbons (Fsp3) is 0.143. The second-order valence-electron chi connectivity index (χ2n) is 3.94. The molecule has 0 radical (unpaired) electrons. The molecule has 3 nitrogen and oxygen atoms in total. The summed E-state index contributed by atoms with van der Waals surface area (Å²) in [5, 5.41) is 4.61. The highest BCUT2D eigenvalue weighted by atomic mass is 79.9. The summed E-state index contributed by atoms with van der Waals surface area (Å²) in [4.78, 5) is 13.0. The lowest BCUT2D eigenvalue weighted by Gasteiger charge is -2.04. The molecule has 1 heterocycles. The topological polar surface area (TPSA) is 41.5 Å². The number of nitrogens with zero attached hydrogens (tertiary/aromatic N) is 1. The second-order valence-corrected chi connectivity index (χ2v) is 6.81. The zero-order chi connectivity index (χ0) is 14.5. The van der Waals surface area contributed by atoms with Gasteiger partial charge in [-0.05, 0) is 46.6 Å². The van der Waals surface area contributed by atoms with E-state index in [1.54, 1.807) is 35.6 Å². The highest BCUT2D eigenvalue weighted by Crippen LogP contribution is 2.23. The standard InChI is InChI=1S/C14H12BrClN2OS/c1-2-11(12-7-8-13(15)20-12)17-18-14(19)9-5-3-4-6-10(9)16/h3-8H,2H2,1H3,(H,18,19)/b17-11+. The molecule has 0 spiro atoms. The third kappa shape index (κ3) is 3.69. The monoisotopic (exact) mass is 370 g/mol. The van der Waals surface area contributed by atoms with Crippen molar-refractivity contribution in [2.45, 2.75) is 13.3 Å². The number of rotatable bonds is 4. The van der Waals surface area contributed by atoms with Gasteiger partial charge < -0.3 is 0 Å². The smallest absolute Gasteiger partial charge is 0.267 e. The number of carbonyl (C=O) groups excluding carboxylic acids is 1. The quantitative estimate of drug-likeness (QED) is 0.614. The van der Waals surface area contributed by atoms with E-state index in [9.17, 15) is 4.79 Å². The Hall–Kier alpha value is -1.17. The minimum absolute atomic E-state index is 0.308. The van der Waals surface area contributed by atoms with Crippen LogP contribution in [0.5, 0.6) is 0 Å². The summed E-state index contributed by atoms with van der Waals surface area (Å²) in [5.41, 5.74) is 3.81. The van der Waals surface area contributed by atoms with Crippen LogP contribution >= 0.6 is 38.9 Å². The molecular weight excluding hydrogens is 360 g/mol. The number of halogens is 2. The number of hydrazone groups is 1. The van der Waals surface area contributed by atoms with Gasteiger partial charge in [0.1, 0.15) is 0 Å². The summed E-state index contributed by atoms with van der Waals surface area (Å²) in [6.07, 6.45) is 0.732. The molecule has 0 fully saturated rings.